The second-order valence-corrected chi connectivity index (χ2v) is 6.20. The molecule has 0 N–H and O–H groups in total. The highest BCUT2D eigenvalue weighted by molar-refractivity contribution is 5.86. The fourth-order valence-corrected chi connectivity index (χ4v) is 3.61. The molecule has 23 heavy (non-hydrogen) atoms. The Morgan fingerprint density at radius 2 is 1.78 bits per heavy atom. The third-order valence-electron chi connectivity index (χ3n) is 4.80. The molecule has 0 fully saturated rings. The predicted molar refractivity (Wildman–Crippen MR) is 92.3 cm³/mol. The van der Waals surface area contributed by atoms with Crippen LogP contribution in [0.3, 0.4) is 0 Å². The standard InChI is InChI=1S/C20H20N2O/c1-15(23)21-12-11-18-17-9-5-6-10-19(17)22(20(18)14-21)13-16-7-3-2-4-8-16/h2-10H,11-14H2,1H3. The molecule has 3 nitrogen and oxygen atoms in total. The van der Waals surface area contributed by atoms with Crippen LogP contribution in [-0.2, 0) is 24.3 Å². The van der Waals surface area contributed by atoms with Crippen molar-refractivity contribution in [2.75, 3.05) is 6.54 Å². The lowest BCUT2D eigenvalue weighted by Gasteiger charge is -2.27. The van der Waals surface area contributed by atoms with Crippen LogP contribution >= 0.6 is 0 Å². The molecule has 2 heterocycles. The first-order chi connectivity index (χ1) is 11.2. The summed E-state index contributed by atoms with van der Waals surface area (Å²) >= 11 is 0. The summed E-state index contributed by atoms with van der Waals surface area (Å²) in [6, 6.07) is 19.1. The molecule has 3 aromatic rings. The summed E-state index contributed by atoms with van der Waals surface area (Å²) in [5.41, 5.74) is 5.26. The summed E-state index contributed by atoms with van der Waals surface area (Å²) < 4.78 is 2.38. The first kappa shape index (κ1) is 14.1. The molecule has 3 heteroatoms. The second kappa shape index (κ2) is 5.58. The number of carbonyl (C=O) groups is 1. The molecule has 0 saturated carbocycles. The quantitative estimate of drug-likeness (QED) is 0.710. The zero-order valence-corrected chi connectivity index (χ0v) is 13.3. The number of para-hydroxylation sites is 1. The Labute approximate surface area is 136 Å². The van der Waals surface area contributed by atoms with Crippen LogP contribution in [0.5, 0.6) is 0 Å². The van der Waals surface area contributed by atoms with Crippen LogP contribution in [0.4, 0.5) is 0 Å². The lowest BCUT2D eigenvalue weighted by atomic mass is 10.0. The Morgan fingerprint density at radius 3 is 2.57 bits per heavy atom. The highest BCUT2D eigenvalue weighted by Gasteiger charge is 2.24. The summed E-state index contributed by atoms with van der Waals surface area (Å²) in [6.07, 6.45) is 0.942. The van der Waals surface area contributed by atoms with Crippen LogP contribution in [0.15, 0.2) is 54.6 Å². The van der Waals surface area contributed by atoms with Gasteiger partial charge in [-0.15, -0.1) is 0 Å². The van der Waals surface area contributed by atoms with Crippen molar-refractivity contribution in [1.29, 1.82) is 0 Å². The number of fused-ring (bicyclic) bond motifs is 3. The van der Waals surface area contributed by atoms with Gasteiger partial charge in [0.25, 0.3) is 0 Å². The molecule has 2 aromatic carbocycles. The number of carbonyl (C=O) groups excluding carboxylic acids is 1. The molecule has 1 amide bonds. The minimum atomic E-state index is 0.159. The van der Waals surface area contributed by atoms with Crippen molar-refractivity contribution >= 4 is 16.8 Å². The van der Waals surface area contributed by atoms with E-state index in [1.807, 2.05) is 11.0 Å². The topological polar surface area (TPSA) is 25.2 Å². The summed E-state index contributed by atoms with van der Waals surface area (Å²) in [7, 11) is 0. The molecule has 116 valence electrons. The van der Waals surface area contributed by atoms with Gasteiger partial charge in [0.1, 0.15) is 0 Å². The van der Waals surface area contributed by atoms with E-state index in [0.717, 1.165) is 19.5 Å². The van der Waals surface area contributed by atoms with Gasteiger partial charge in [-0.25, -0.2) is 0 Å². The maximum absolute atomic E-state index is 11.8. The Hall–Kier alpha value is -2.55. The van der Waals surface area contributed by atoms with E-state index in [-0.39, 0.29) is 5.91 Å². The highest BCUT2D eigenvalue weighted by atomic mass is 16.2. The number of hydrogen-bond acceptors (Lipinski definition) is 1. The molecule has 0 bridgehead atoms. The normalized spacial score (nSPS) is 14.0. The molecule has 1 aliphatic rings. The SMILES string of the molecule is CC(=O)N1CCc2c(n(Cc3ccccc3)c3ccccc23)C1. The van der Waals surface area contributed by atoms with E-state index < -0.39 is 0 Å². The molecular weight excluding hydrogens is 284 g/mol. The molecule has 0 spiro atoms. The van der Waals surface area contributed by atoms with Crippen molar-refractivity contribution in [3.05, 3.63) is 71.4 Å². The smallest absolute Gasteiger partial charge is 0.219 e. The van der Waals surface area contributed by atoms with Crippen LogP contribution in [0.1, 0.15) is 23.7 Å². The van der Waals surface area contributed by atoms with E-state index in [0.29, 0.717) is 6.54 Å². The molecule has 0 radical (unpaired) electrons. The molecule has 0 unspecified atom stereocenters. The van der Waals surface area contributed by atoms with E-state index in [1.165, 1.54) is 27.7 Å². The number of amides is 1. The van der Waals surface area contributed by atoms with Gasteiger partial charge in [0.15, 0.2) is 0 Å². The highest BCUT2D eigenvalue weighted by Crippen LogP contribution is 2.31. The number of hydrogen-bond donors (Lipinski definition) is 0. The van der Waals surface area contributed by atoms with Gasteiger partial charge in [0.2, 0.25) is 5.91 Å². The minimum Gasteiger partial charge on any atom is -0.338 e. The van der Waals surface area contributed by atoms with Gasteiger partial charge in [-0.05, 0) is 23.6 Å². The number of nitrogens with zero attached hydrogens (tertiary/aromatic N) is 2. The van der Waals surface area contributed by atoms with Crippen molar-refractivity contribution in [2.45, 2.75) is 26.4 Å². The van der Waals surface area contributed by atoms with Crippen LogP contribution < -0.4 is 0 Å². The molecular formula is C20H20N2O. The summed E-state index contributed by atoms with van der Waals surface area (Å²) in [6.45, 7) is 4.05. The van der Waals surface area contributed by atoms with Crippen LogP contribution in [0.2, 0.25) is 0 Å². The Kier molecular flexibility index (Phi) is 3.41. The average Bonchev–Trinajstić information content (AvgIpc) is 2.90. The summed E-state index contributed by atoms with van der Waals surface area (Å²) in [5, 5.41) is 1.33. The van der Waals surface area contributed by atoms with Gasteiger partial charge in [-0.1, -0.05) is 48.5 Å². The van der Waals surface area contributed by atoms with E-state index in [1.54, 1.807) is 6.92 Å². The van der Waals surface area contributed by atoms with Crippen molar-refractivity contribution in [3.8, 4) is 0 Å². The lowest BCUT2D eigenvalue weighted by molar-refractivity contribution is -0.129. The van der Waals surface area contributed by atoms with Crippen molar-refractivity contribution in [2.24, 2.45) is 0 Å². The van der Waals surface area contributed by atoms with Crippen molar-refractivity contribution in [1.82, 2.24) is 9.47 Å². The van der Waals surface area contributed by atoms with E-state index in [4.69, 9.17) is 0 Å². The average molecular weight is 304 g/mol. The zero-order valence-electron chi connectivity index (χ0n) is 13.3. The molecule has 4 rings (SSSR count). The van der Waals surface area contributed by atoms with Gasteiger partial charge in [0.05, 0.1) is 6.54 Å². The number of benzene rings is 2. The number of aromatic nitrogens is 1. The molecule has 0 atom stereocenters. The van der Waals surface area contributed by atoms with Gasteiger partial charge in [-0.3, -0.25) is 4.79 Å². The van der Waals surface area contributed by atoms with Gasteiger partial charge in [0, 0.05) is 36.6 Å². The first-order valence-electron chi connectivity index (χ1n) is 8.12. The maximum Gasteiger partial charge on any atom is 0.219 e. The first-order valence-corrected chi connectivity index (χ1v) is 8.12. The largest absolute Gasteiger partial charge is 0.338 e. The molecule has 1 aliphatic heterocycles. The third-order valence-corrected chi connectivity index (χ3v) is 4.80. The van der Waals surface area contributed by atoms with Crippen LogP contribution in [0.25, 0.3) is 10.9 Å². The van der Waals surface area contributed by atoms with Crippen LogP contribution in [0, 0.1) is 0 Å². The lowest BCUT2D eigenvalue weighted by Crippen LogP contribution is -2.35. The minimum absolute atomic E-state index is 0.159. The van der Waals surface area contributed by atoms with Gasteiger partial charge >= 0.3 is 0 Å². The van der Waals surface area contributed by atoms with Gasteiger partial charge < -0.3 is 9.47 Å². The Morgan fingerprint density at radius 1 is 1.04 bits per heavy atom. The maximum atomic E-state index is 11.8. The number of rotatable bonds is 2. The Balaban J connectivity index is 1.85. The van der Waals surface area contributed by atoms with Crippen molar-refractivity contribution < 1.29 is 4.79 Å². The van der Waals surface area contributed by atoms with E-state index in [9.17, 15) is 4.79 Å². The van der Waals surface area contributed by atoms with Gasteiger partial charge in [-0.2, -0.15) is 0 Å². The second-order valence-electron chi connectivity index (χ2n) is 6.20. The molecule has 0 saturated heterocycles. The fraction of sp³-hybridized carbons (Fsp3) is 0.250. The summed E-state index contributed by atoms with van der Waals surface area (Å²) in [4.78, 5) is 13.8. The fourth-order valence-electron chi connectivity index (χ4n) is 3.61. The molecule has 1 aromatic heterocycles. The summed E-state index contributed by atoms with van der Waals surface area (Å²) in [5.74, 6) is 0.159. The van der Waals surface area contributed by atoms with Crippen molar-refractivity contribution in [3.63, 3.8) is 0 Å². The third kappa shape index (κ3) is 2.42. The molecule has 0 aliphatic carbocycles. The van der Waals surface area contributed by atoms with E-state index in [2.05, 4.69) is 53.1 Å². The monoisotopic (exact) mass is 304 g/mol. The zero-order chi connectivity index (χ0) is 15.8. The Bertz CT molecular complexity index is 864. The van der Waals surface area contributed by atoms with Crippen LogP contribution in [-0.4, -0.2) is 21.9 Å². The predicted octanol–water partition coefficient (Wildman–Crippen LogP) is 3.59. The van der Waals surface area contributed by atoms with E-state index >= 15 is 0 Å².